The normalized spacial score (nSPS) is 16.5. The smallest absolute Gasteiger partial charge is 0.176 e. The van der Waals surface area contributed by atoms with Crippen LogP contribution in [0, 0.1) is 6.92 Å². The third-order valence-corrected chi connectivity index (χ3v) is 3.39. The number of nitrogens with one attached hydrogen (secondary N) is 1. The second-order valence-corrected chi connectivity index (χ2v) is 4.72. The van der Waals surface area contributed by atoms with Gasteiger partial charge in [-0.05, 0) is 24.1 Å². The van der Waals surface area contributed by atoms with Crippen LogP contribution in [0.4, 0.5) is 0 Å². The Balaban J connectivity index is 2.04. The second-order valence-electron chi connectivity index (χ2n) is 4.72. The van der Waals surface area contributed by atoms with Gasteiger partial charge in [0.2, 0.25) is 0 Å². The molecule has 1 N–H and O–H groups in total. The van der Waals surface area contributed by atoms with E-state index in [2.05, 4.69) is 16.8 Å². The van der Waals surface area contributed by atoms with Crippen LogP contribution in [0.5, 0.6) is 0 Å². The lowest BCUT2D eigenvalue weighted by Crippen LogP contribution is -2.45. The van der Waals surface area contributed by atoms with Crippen LogP contribution < -0.4 is 5.32 Å². The Kier molecular flexibility index (Phi) is 4.28. The molecule has 0 saturated carbocycles. The summed E-state index contributed by atoms with van der Waals surface area (Å²) in [5.74, 6) is 0.204. The van der Waals surface area contributed by atoms with Crippen molar-refractivity contribution in [3.05, 3.63) is 41.5 Å². The zero-order valence-corrected chi connectivity index (χ0v) is 10.9. The topological polar surface area (TPSA) is 32.3 Å². The van der Waals surface area contributed by atoms with Crippen molar-refractivity contribution in [1.82, 2.24) is 10.2 Å². The Labute approximate surface area is 108 Å². The minimum Gasteiger partial charge on any atom is -0.314 e. The number of hydrogen-bond donors (Lipinski definition) is 1. The van der Waals surface area contributed by atoms with Crippen LogP contribution >= 0.6 is 0 Å². The van der Waals surface area contributed by atoms with Crippen molar-refractivity contribution in [3.63, 3.8) is 0 Å². The molecule has 2 rings (SSSR count). The highest BCUT2D eigenvalue weighted by Crippen LogP contribution is 2.13. The largest absolute Gasteiger partial charge is 0.314 e. The molecular weight excluding hydrogens is 224 g/mol. The number of benzene rings is 1. The van der Waals surface area contributed by atoms with Crippen molar-refractivity contribution >= 4 is 11.9 Å². The predicted octanol–water partition coefficient (Wildman–Crippen LogP) is 1.73. The first-order valence-corrected chi connectivity index (χ1v) is 6.40. The summed E-state index contributed by atoms with van der Waals surface area (Å²) in [7, 11) is 0. The van der Waals surface area contributed by atoms with Gasteiger partial charge in [0.05, 0.1) is 6.54 Å². The molecule has 3 nitrogen and oxygen atoms in total. The van der Waals surface area contributed by atoms with Crippen molar-refractivity contribution in [2.24, 2.45) is 0 Å². The second kappa shape index (κ2) is 5.94. The van der Waals surface area contributed by atoms with Crippen molar-refractivity contribution in [2.75, 3.05) is 32.7 Å². The lowest BCUT2D eigenvalue weighted by Gasteiger charge is -2.26. The van der Waals surface area contributed by atoms with Gasteiger partial charge in [-0.3, -0.25) is 9.69 Å². The SMILES string of the molecule is C=Cc1ccc(C(=O)CN2CCNCC2)cc1C. The number of Topliss-reactive ketones (excluding diaryl/α,β-unsaturated/α-hetero) is 1. The molecule has 18 heavy (non-hydrogen) atoms. The standard InChI is InChI=1S/C15H20N2O/c1-3-13-4-5-14(10-12(13)2)15(18)11-17-8-6-16-7-9-17/h3-5,10,16H,1,6-9,11H2,2H3. The Morgan fingerprint density at radius 1 is 1.44 bits per heavy atom. The maximum Gasteiger partial charge on any atom is 0.176 e. The Morgan fingerprint density at radius 3 is 2.78 bits per heavy atom. The number of hydrogen-bond acceptors (Lipinski definition) is 3. The molecule has 3 heteroatoms. The minimum atomic E-state index is 0.204. The fraction of sp³-hybridized carbons (Fsp3) is 0.400. The van der Waals surface area contributed by atoms with E-state index in [0.29, 0.717) is 6.54 Å². The average Bonchev–Trinajstić information content (AvgIpc) is 2.39. The van der Waals surface area contributed by atoms with Gasteiger partial charge in [0, 0.05) is 31.7 Å². The first kappa shape index (κ1) is 13.0. The molecule has 1 aliphatic heterocycles. The summed E-state index contributed by atoms with van der Waals surface area (Å²) in [5, 5.41) is 3.29. The summed E-state index contributed by atoms with van der Waals surface area (Å²) in [6.45, 7) is 10.2. The van der Waals surface area contributed by atoms with Gasteiger partial charge in [-0.1, -0.05) is 24.8 Å². The zero-order chi connectivity index (χ0) is 13.0. The van der Waals surface area contributed by atoms with Gasteiger partial charge in [0.1, 0.15) is 0 Å². The third-order valence-electron chi connectivity index (χ3n) is 3.39. The molecule has 1 heterocycles. The Hall–Kier alpha value is -1.45. The highest BCUT2D eigenvalue weighted by atomic mass is 16.1. The van der Waals surface area contributed by atoms with Crippen LogP contribution in [-0.2, 0) is 0 Å². The lowest BCUT2D eigenvalue weighted by molar-refractivity contribution is 0.0921. The number of ketones is 1. The van der Waals surface area contributed by atoms with Gasteiger partial charge in [0.15, 0.2) is 5.78 Å². The van der Waals surface area contributed by atoms with Crippen LogP contribution in [-0.4, -0.2) is 43.4 Å². The molecule has 0 atom stereocenters. The van der Waals surface area contributed by atoms with Crippen molar-refractivity contribution < 1.29 is 4.79 Å². The van der Waals surface area contributed by atoms with Crippen molar-refractivity contribution in [1.29, 1.82) is 0 Å². The molecule has 1 fully saturated rings. The number of carbonyl (C=O) groups excluding carboxylic acids is 1. The Morgan fingerprint density at radius 2 is 2.17 bits per heavy atom. The maximum absolute atomic E-state index is 12.2. The highest BCUT2D eigenvalue weighted by molar-refractivity contribution is 5.98. The summed E-state index contributed by atoms with van der Waals surface area (Å²) < 4.78 is 0. The number of nitrogens with zero attached hydrogens (tertiary/aromatic N) is 1. The van der Waals surface area contributed by atoms with Gasteiger partial charge in [-0.25, -0.2) is 0 Å². The fourth-order valence-electron chi connectivity index (χ4n) is 2.24. The van der Waals surface area contributed by atoms with Gasteiger partial charge < -0.3 is 5.32 Å². The van der Waals surface area contributed by atoms with Gasteiger partial charge >= 0.3 is 0 Å². The summed E-state index contributed by atoms with van der Waals surface area (Å²) in [6.07, 6.45) is 1.82. The Bertz CT molecular complexity index is 448. The quantitative estimate of drug-likeness (QED) is 0.819. The number of piperazine rings is 1. The summed E-state index contributed by atoms with van der Waals surface area (Å²) in [5.41, 5.74) is 3.00. The van der Waals surface area contributed by atoms with E-state index in [-0.39, 0.29) is 5.78 Å². The molecule has 0 bridgehead atoms. The third kappa shape index (κ3) is 3.06. The monoisotopic (exact) mass is 244 g/mol. The molecule has 1 aromatic rings. The molecular formula is C15H20N2O. The maximum atomic E-state index is 12.2. The van der Waals surface area contributed by atoms with Gasteiger partial charge in [-0.15, -0.1) is 0 Å². The van der Waals surface area contributed by atoms with Crippen molar-refractivity contribution in [3.8, 4) is 0 Å². The van der Waals surface area contributed by atoms with Crippen LogP contribution in [0.25, 0.3) is 6.08 Å². The van der Waals surface area contributed by atoms with Crippen LogP contribution in [0.1, 0.15) is 21.5 Å². The van der Waals surface area contributed by atoms with E-state index in [9.17, 15) is 4.79 Å². The molecule has 0 amide bonds. The molecule has 1 aromatic carbocycles. The van der Waals surface area contributed by atoms with E-state index in [1.165, 1.54) is 0 Å². The summed E-state index contributed by atoms with van der Waals surface area (Å²) in [4.78, 5) is 14.4. The minimum absolute atomic E-state index is 0.204. The van der Waals surface area contributed by atoms with Crippen LogP contribution in [0.3, 0.4) is 0 Å². The van der Waals surface area contributed by atoms with Crippen LogP contribution in [0.2, 0.25) is 0 Å². The molecule has 0 radical (unpaired) electrons. The van der Waals surface area contributed by atoms with E-state index >= 15 is 0 Å². The van der Waals surface area contributed by atoms with Crippen LogP contribution in [0.15, 0.2) is 24.8 Å². The number of aryl methyl sites for hydroxylation is 1. The molecule has 0 spiro atoms. The van der Waals surface area contributed by atoms with Gasteiger partial charge in [-0.2, -0.15) is 0 Å². The fourth-order valence-corrected chi connectivity index (χ4v) is 2.24. The molecule has 96 valence electrons. The van der Waals surface area contributed by atoms with Crippen molar-refractivity contribution in [2.45, 2.75) is 6.92 Å². The molecule has 1 aliphatic rings. The van der Waals surface area contributed by atoms with E-state index in [1.807, 2.05) is 31.2 Å². The summed E-state index contributed by atoms with van der Waals surface area (Å²) >= 11 is 0. The van der Waals surface area contributed by atoms with Gasteiger partial charge in [0.25, 0.3) is 0 Å². The first-order chi connectivity index (χ1) is 8.70. The molecule has 0 unspecified atom stereocenters. The van der Waals surface area contributed by atoms with E-state index in [0.717, 1.165) is 42.9 Å². The average molecular weight is 244 g/mol. The predicted molar refractivity (Wildman–Crippen MR) is 74.9 cm³/mol. The molecule has 1 saturated heterocycles. The highest BCUT2D eigenvalue weighted by Gasteiger charge is 2.15. The van der Waals surface area contributed by atoms with E-state index < -0.39 is 0 Å². The van der Waals surface area contributed by atoms with E-state index in [4.69, 9.17) is 0 Å². The zero-order valence-electron chi connectivity index (χ0n) is 10.9. The lowest BCUT2D eigenvalue weighted by atomic mass is 10.0. The van der Waals surface area contributed by atoms with E-state index in [1.54, 1.807) is 0 Å². The molecule has 0 aliphatic carbocycles. The number of rotatable bonds is 4. The molecule has 0 aromatic heterocycles. The first-order valence-electron chi connectivity index (χ1n) is 6.40. The summed E-state index contributed by atoms with van der Waals surface area (Å²) in [6, 6.07) is 5.82. The number of carbonyl (C=O) groups is 1.